The number of hydrogen-bond donors (Lipinski definition) is 2. The Morgan fingerprint density at radius 2 is 2.14 bits per heavy atom. The summed E-state index contributed by atoms with van der Waals surface area (Å²) in [5.41, 5.74) is 1.44. The van der Waals surface area contributed by atoms with Crippen LogP contribution >= 0.6 is 0 Å². The molecule has 1 atom stereocenters. The molecule has 1 unspecified atom stereocenters. The van der Waals surface area contributed by atoms with Crippen molar-refractivity contribution in [3.8, 4) is 6.07 Å². The van der Waals surface area contributed by atoms with Crippen molar-refractivity contribution in [3.05, 3.63) is 47.2 Å². The molecule has 1 heterocycles. The highest BCUT2D eigenvalue weighted by atomic mass is 16.5. The van der Waals surface area contributed by atoms with Gasteiger partial charge in [-0.3, -0.25) is 0 Å². The summed E-state index contributed by atoms with van der Waals surface area (Å²) in [5, 5.41) is 20.7. The van der Waals surface area contributed by atoms with Gasteiger partial charge in [0.25, 0.3) is 0 Å². The van der Waals surface area contributed by atoms with E-state index < -0.39 is 18.2 Å². The number of imide groups is 1. The molecule has 0 aromatic heterocycles. The second-order valence-electron chi connectivity index (χ2n) is 4.75. The Kier molecular flexibility index (Phi) is 4.76. The number of nitriles is 1. The van der Waals surface area contributed by atoms with E-state index >= 15 is 0 Å². The summed E-state index contributed by atoms with van der Waals surface area (Å²) in [6.45, 7) is 1.75. The van der Waals surface area contributed by atoms with Gasteiger partial charge in [-0.25, -0.2) is 14.5 Å². The first-order chi connectivity index (χ1) is 10.5. The van der Waals surface area contributed by atoms with E-state index in [1.54, 1.807) is 6.92 Å². The fourth-order valence-corrected chi connectivity index (χ4v) is 2.21. The third-order valence-corrected chi connectivity index (χ3v) is 3.28. The number of hydrogen-bond acceptors (Lipinski definition) is 4. The molecule has 114 valence electrons. The summed E-state index contributed by atoms with van der Waals surface area (Å²) >= 11 is 0. The smallest absolute Gasteiger partial charge is 0.416 e. The van der Waals surface area contributed by atoms with E-state index in [0.717, 1.165) is 5.56 Å². The number of carboxylic acid groups (broad SMARTS) is 1. The number of allylic oxidation sites excluding steroid dienone is 1. The van der Waals surface area contributed by atoms with Gasteiger partial charge in [0.1, 0.15) is 6.04 Å². The van der Waals surface area contributed by atoms with Crippen molar-refractivity contribution in [1.82, 2.24) is 10.2 Å². The van der Waals surface area contributed by atoms with Crippen molar-refractivity contribution in [3.63, 3.8) is 0 Å². The van der Waals surface area contributed by atoms with Gasteiger partial charge < -0.3 is 15.2 Å². The second-order valence-corrected chi connectivity index (χ2v) is 4.75. The van der Waals surface area contributed by atoms with Crippen LogP contribution in [0.25, 0.3) is 0 Å². The van der Waals surface area contributed by atoms with Gasteiger partial charge in [-0.05, 0) is 12.5 Å². The summed E-state index contributed by atoms with van der Waals surface area (Å²) in [5.74, 6) is 0. The van der Waals surface area contributed by atoms with Crippen LogP contribution in [0.15, 0.2) is 41.6 Å². The molecule has 0 bridgehead atoms. The van der Waals surface area contributed by atoms with Crippen LogP contribution in [0.3, 0.4) is 0 Å². The number of urea groups is 1. The Morgan fingerprint density at radius 1 is 1.45 bits per heavy atom. The van der Waals surface area contributed by atoms with Crippen LogP contribution in [0.1, 0.15) is 12.5 Å². The van der Waals surface area contributed by atoms with Gasteiger partial charge in [0, 0.05) is 5.70 Å². The molecule has 0 saturated carbocycles. The minimum absolute atomic E-state index is 0.0746. The first-order valence-electron chi connectivity index (χ1n) is 6.60. The van der Waals surface area contributed by atoms with Crippen LogP contribution in [0.4, 0.5) is 9.59 Å². The van der Waals surface area contributed by atoms with Crippen molar-refractivity contribution in [2.75, 3.05) is 6.61 Å². The SMILES string of the molecule is CC1=C(C#N)C(COCc2ccccc2)N(C(=O)O)C(=O)N1. The molecule has 3 amide bonds. The van der Waals surface area contributed by atoms with Crippen LogP contribution in [-0.4, -0.2) is 34.8 Å². The van der Waals surface area contributed by atoms with Crippen molar-refractivity contribution in [2.45, 2.75) is 19.6 Å². The third kappa shape index (κ3) is 3.24. The van der Waals surface area contributed by atoms with Crippen LogP contribution in [0.2, 0.25) is 0 Å². The number of ether oxygens (including phenoxy) is 1. The van der Waals surface area contributed by atoms with E-state index in [-0.39, 0.29) is 18.8 Å². The number of carbonyl (C=O) groups is 2. The molecule has 0 aliphatic carbocycles. The average Bonchev–Trinajstić information content (AvgIpc) is 2.47. The van der Waals surface area contributed by atoms with E-state index in [1.807, 2.05) is 36.4 Å². The maximum Gasteiger partial charge on any atom is 0.416 e. The summed E-state index contributed by atoms with van der Waals surface area (Å²) < 4.78 is 5.50. The van der Waals surface area contributed by atoms with Crippen molar-refractivity contribution < 1.29 is 19.4 Å². The van der Waals surface area contributed by atoms with Gasteiger partial charge in [-0.15, -0.1) is 0 Å². The molecular weight excluding hydrogens is 286 g/mol. The minimum atomic E-state index is -1.42. The maximum absolute atomic E-state index is 11.8. The lowest BCUT2D eigenvalue weighted by molar-refractivity contribution is 0.0694. The van der Waals surface area contributed by atoms with Crippen LogP contribution < -0.4 is 5.32 Å². The molecule has 0 saturated heterocycles. The topological polar surface area (TPSA) is 103 Å². The predicted molar refractivity (Wildman–Crippen MR) is 76.6 cm³/mol. The van der Waals surface area contributed by atoms with Gasteiger partial charge in [0.05, 0.1) is 24.9 Å². The first kappa shape index (κ1) is 15.5. The fourth-order valence-electron chi connectivity index (χ4n) is 2.21. The van der Waals surface area contributed by atoms with Gasteiger partial charge in [-0.2, -0.15) is 5.26 Å². The zero-order chi connectivity index (χ0) is 16.1. The lowest BCUT2D eigenvalue weighted by Crippen LogP contribution is -2.55. The zero-order valence-corrected chi connectivity index (χ0v) is 11.9. The molecule has 1 aliphatic rings. The van der Waals surface area contributed by atoms with E-state index in [1.165, 1.54) is 0 Å². The van der Waals surface area contributed by atoms with Crippen LogP contribution in [0, 0.1) is 11.3 Å². The Morgan fingerprint density at radius 3 is 2.73 bits per heavy atom. The number of carbonyl (C=O) groups excluding carboxylic acids is 1. The van der Waals surface area contributed by atoms with Gasteiger partial charge in [0.2, 0.25) is 0 Å². The molecule has 0 spiro atoms. The molecule has 1 aromatic rings. The molecule has 0 radical (unpaired) electrons. The minimum Gasteiger partial charge on any atom is -0.465 e. The molecule has 2 N–H and O–H groups in total. The number of amides is 3. The van der Waals surface area contributed by atoms with Gasteiger partial charge in [-0.1, -0.05) is 30.3 Å². The number of benzene rings is 1. The van der Waals surface area contributed by atoms with Gasteiger partial charge >= 0.3 is 12.1 Å². The normalized spacial score (nSPS) is 17.9. The zero-order valence-electron chi connectivity index (χ0n) is 11.9. The molecular formula is C15H15N3O4. The number of rotatable bonds is 4. The Bertz CT molecular complexity index is 649. The summed E-state index contributed by atoms with van der Waals surface area (Å²) in [7, 11) is 0. The Hall–Kier alpha value is -2.85. The first-order valence-corrected chi connectivity index (χ1v) is 6.60. The highest BCUT2D eigenvalue weighted by molar-refractivity contribution is 5.93. The molecule has 2 rings (SSSR count). The lowest BCUT2D eigenvalue weighted by atomic mass is 10.0. The van der Waals surface area contributed by atoms with Crippen molar-refractivity contribution in [1.29, 1.82) is 5.26 Å². The monoisotopic (exact) mass is 301 g/mol. The Balaban J connectivity index is 2.13. The summed E-state index contributed by atoms with van der Waals surface area (Å²) in [6, 6.07) is 9.55. The predicted octanol–water partition coefficient (Wildman–Crippen LogP) is 2.07. The Labute approximate surface area is 127 Å². The second kappa shape index (κ2) is 6.74. The van der Waals surface area contributed by atoms with Crippen molar-refractivity contribution >= 4 is 12.1 Å². The largest absolute Gasteiger partial charge is 0.465 e. The van der Waals surface area contributed by atoms with E-state index in [4.69, 9.17) is 4.74 Å². The van der Waals surface area contributed by atoms with Crippen LogP contribution in [-0.2, 0) is 11.3 Å². The molecule has 1 aliphatic heterocycles. The molecule has 1 aromatic carbocycles. The van der Waals surface area contributed by atoms with Crippen molar-refractivity contribution in [2.24, 2.45) is 0 Å². The standard InChI is InChI=1S/C15H15N3O4/c1-10-12(7-16)13(18(15(20)21)14(19)17-10)9-22-8-11-5-3-2-4-6-11/h2-6,13H,8-9H2,1H3,(H,17,19)(H,20,21). The summed E-state index contributed by atoms with van der Waals surface area (Å²) in [6.07, 6.45) is -1.42. The quantitative estimate of drug-likeness (QED) is 0.886. The fraction of sp³-hybridized carbons (Fsp3) is 0.267. The van der Waals surface area contributed by atoms with E-state index in [2.05, 4.69) is 5.32 Å². The van der Waals surface area contributed by atoms with E-state index in [0.29, 0.717) is 10.6 Å². The third-order valence-electron chi connectivity index (χ3n) is 3.28. The maximum atomic E-state index is 11.8. The van der Waals surface area contributed by atoms with Gasteiger partial charge in [0.15, 0.2) is 0 Å². The van der Waals surface area contributed by atoms with Crippen LogP contribution in [0.5, 0.6) is 0 Å². The molecule has 7 heteroatoms. The highest BCUT2D eigenvalue weighted by Crippen LogP contribution is 2.20. The van der Waals surface area contributed by atoms with E-state index in [9.17, 15) is 20.0 Å². The molecule has 7 nitrogen and oxygen atoms in total. The number of nitrogens with one attached hydrogen (secondary N) is 1. The highest BCUT2D eigenvalue weighted by Gasteiger charge is 2.37. The number of nitrogens with zero attached hydrogens (tertiary/aromatic N) is 2. The summed E-state index contributed by atoms with van der Waals surface area (Å²) in [4.78, 5) is 23.6. The lowest BCUT2D eigenvalue weighted by Gasteiger charge is -2.32. The molecule has 22 heavy (non-hydrogen) atoms. The average molecular weight is 301 g/mol. The molecule has 0 fully saturated rings.